The summed E-state index contributed by atoms with van der Waals surface area (Å²) >= 11 is 0. The summed E-state index contributed by atoms with van der Waals surface area (Å²) in [6.45, 7) is 3.09. The van der Waals surface area contributed by atoms with Crippen LogP contribution in [0.4, 0.5) is 0 Å². The summed E-state index contributed by atoms with van der Waals surface area (Å²) in [6, 6.07) is 16.6. The van der Waals surface area contributed by atoms with Gasteiger partial charge in [0.2, 0.25) is 5.91 Å². The smallest absolute Gasteiger partial charge is 0.254 e. The lowest BCUT2D eigenvalue weighted by molar-refractivity contribution is -0.134. The number of pyridine rings is 1. The van der Waals surface area contributed by atoms with Crippen molar-refractivity contribution in [3.8, 4) is 17.3 Å². The molecule has 2 N–H and O–H groups in total. The fraction of sp³-hybridized carbons (Fsp3) is 0.421. The SMILES string of the molecule is COc1cc(C(=O)N2C[C@H]3CC[C@@H]2C3N)cc2nc(-c3cc4cccc(C5CN(C(=O)Cc6ccncc6)C5)c4n3CC3CC3)n(C)c12. The van der Waals surface area contributed by atoms with Crippen LogP contribution in [0.15, 0.2) is 60.9 Å². The van der Waals surface area contributed by atoms with Gasteiger partial charge in [-0.15, -0.1) is 0 Å². The zero-order valence-electron chi connectivity index (χ0n) is 27.5. The third kappa shape index (κ3) is 4.71. The van der Waals surface area contributed by atoms with Gasteiger partial charge < -0.3 is 29.4 Å². The molecule has 2 saturated carbocycles. The molecule has 10 heteroatoms. The van der Waals surface area contributed by atoms with Crippen molar-refractivity contribution in [3.63, 3.8) is 0 Å². The number of fused-ring (bicyclic) bond motifs is 4. The van der Waals surface area contributed by atoms with E-state index in [1.54, 1.807) is 19.5 Å². The van der Waals surface area contributed by atoms with Gasteiger partial charge >= 0.3 is 0 Å². The van der Waals surface area contributed by atoms with Crippen molar-refractivity contribution in [2.75, 3.05) is 26.7 Å². The summed E-state index contributed by atoms with van der Waals surface area (Å²) < 4.78 is 10.5. The molecular weight excluding hydrogens is 602 g/mol. The van der Waals surface area contributed by atoms with E-state index in [1.165, 1.54) is 29.3 Å². The van der Waals surface area contributed by atoms with Crippen LogP contribution in [0, 0.1) is 11.8 Å². The standard InChI is InChI=1S/C38H41N7O3/c1-42-36-29(15-26(17-32(36)48-2)38(47)45-21-25-8-9-30(45)34(25)39)41-37(42)31-16-24-4-3-5-28(35(24)44(31)18-23-6-7-23)27-19-43(20-27)33(46)14-22-10-12-40-13-11-22/h3-5,10-13,15-17,23,25,27,30,34H,6-9,14,18-21,39H2,1-2H3/t25-,30-,34?/m1/s1. The number of rotatable bonds is 8. The maximum atomic E-state index is 13.8. The van der Waals surface area contributed by atoms with Crippen LogP contribution in [-0.4, -0.2) is 79.5 Å². The molecular formula is C38H41N7O3. The Morgan fingerprint density at radius 1 is 0.979 bits per heavy atom. The van der Waals surface area contributed by atoms with E-state index in [1.807, 2.05) is 41.1 Å². The Bertz CT molecular complexity index is 2070. The van der Waals surface area contributed by atoms with Crippen LogP contribution in [0.2, 0.25) is 0 Å². The van der Waals surface area contributed by atoms with Crippen LogP contribution >= 0.6 is 0 Å². The van der Waals surface area contributed by atoms with Crippen LogP contribution < -0.4 is 10.5 Å². The first kappa shape index (κ1) is 29.4. The van der Waals surface area contributed by atoms with E-state index in [2.05, 4.69) is 38.4 Å². The van der Waals surface area contributed by atoms with Crippen molar-refractivity contribution in [2.24, 2.45) is 24.6 Å². The number of carbonyl (C=O) groups is 2. The summed E-state index contributed by atoms with van der Waals surface area (Å²) in [6.07, 6.45) is 8.40. The molecule has 3 atom stereocenters. The number of amides is 2. The molecule has 2 saturated heterocycles. The molecule has 2 aliphatic carbocycles. The summed E-state index contributed by atoms with van der Waals surface area (Å²) in [7, 11) is 3.69. The second-order valence-corrected chi connectivity index (χ2v) is 14.4. The van der Waals surface area contributed by atoms with Crippen molar-refractivity contribution in [1.29, 1.82) is 0 Å². The third-order valence-corrected chi connectivity index (χ3v) is 11.4. The molecule has 0 radical (unpaired) electrons. The number of carbonyl (C=O) groups excluding carboxylic acids is 2. The van der Waals surface area contributed by atoms with E-state index < -0.39 is 0 Å². The first-order valence-corrected chi connectivity index (χ1v) is 17.3. The molecule has 48 heavy (non-hydrogen) atoms. The first-order valence-electron chi connectivity index (χ1n) is 17.3. The van der Waals surface area contributed by atoms with Crippen molar-refractivity contribution in [3.05, 3.63) is 77.6 Å². The van der Waals surface area contributed by atoms with Gasteiger partial charge in [-0.3, -0.25) is 14.6 Å². The van der Waals surface area contributed by atoms with Crippen LogP contribution in [-0.2, 0) is 24.8 Å². The molecule has 1 unspecified atom stereocenters. The minimum absolute atomic E-state index is 0.00587. The molecule has 5 aromatic rings. The molecule has 5 heterocycles. The van der Waals surface area contributed by atoms with Crippen LogP contribution in [0.3, 0.4) is 0 Å². The number of para-hydroxylation sites is 1. The highest BCUT2D eigenvalue weighted by atomic mass is 16.5. The molecule has 4 fully saturated rings. The Hall–Kier alpha value is -4.70. The summed E-state index contributed by atoms with van der Waals surface area (Å²) in [4.78, 5) is 40.1. The summed E-state index contributed by atoms with van der Waals surface area (Å²) in [5.41, 5.74) is 13.2. The Balaban J connectivity index is 1.07. The lowest BCUT2D eigenvalue weighted by atomic mass is 9.89. The van der Waals surface area contributed by atoms with Crippen molar-refractivity contribution < 1.29 is 14.3 Å². The number of aryl methyl sites for hydroxylation is 1. The molecule has 2 aromatic carbocycles. The quantitative estimate of drug-likeness (QED) is 0.262. The second-order valence-electron chi connectivity index (χ2n) is 14.4. The molecule has 9 rings (SSSR count). The van der Waals surface area contributed by atoms with Gasteiger partial charge in [0, 0.05) is 74.6 Å². The van der Waals surface area contributed by atoms with E-state index in [9.17, 15) is 9.59 Å². The average Bonchev–Trinajstić information content (AvgIpc) is 3.46. The number of piperidine rings is 1. The van der Waals surface area contributed by atoms with Gasteiger partial charge in [-0.1, -0.05) is 18.2 Å². The highest BCUT2D eigenvalue weighted by Crippen LogP contribution is 2.42. The number of methoxy groups -OCH3 is 1. The largest absolute Gasteiger partial charge is 0.494 e. The van der Waals surface area contributed by atoms with Gasteiger partial charge in [-0.25, -0.2) is 4.98 Å². The van der Waals surface area contributed by atoms with Crippen LogP contribution in [0.1, 0.15) is 53.1 Å². The molecule has 0 spiro atoms. The van der Waals surface area contributed by atoms with E-state index in [0.29, 0.717) is 29.6 Å². The Morgan fingerprint density at radius 3 is 2.50 bits per heavy atom. The molecule has 3 aromatic heterocycles. The number of ether oxygens (including phenoxy) is 1. The van der Waals surface area contributed by atoms with Crippen LogP contribution in [0.5, 0.6) is 5.75 Å². The zero-order chi connectivity index (χ0) is 32.7. The number of benzene rings is 2. The normalized spacial score (nSPS) is 22.2. The number of imidazole rings is 1. The van der Waals surface area contributed by atoms with Crippen molar-refractivity contribution >= 4 is 33.8 Å². The van der Waals surface area contributed by atoms with E-state index >= 15 is 0 Å². The highest BCUT2D eigenvalue weighted by molar-refractivity contribution is 6.00. The monoisotopic (exact) mass is 643 g/mol. The number of likely N-dealkylation sites (tertiary alicyclic amines) is 2. The summed E-state index contributed by atoms with van der Waals surface area (Å²) in [5, 5.41) is 1.18. The number of nitrogens with zero attached hydrogens (tertiary/aromatic N) is 6. The van der Waals surface area contributed by atoms with E-state index in [4.69, 9.17) is 15.5 Å². The zero-order valence-corrected chi connectivity index (χ0v) is 27.5. The topological polar surface area (TPSA) is 112 Å². The number of aromatic nitrogens is 4. The third-order valence-electron chi connectivity index (χ3n) is 11.4. The van der Waals surface area contributed by atoms with Gasteiger partial charge in [0.25, 0.3) is 5.91 Å². The van der Waals surface area contributed by atoms with Gasteiger partial charge in [-0.2, -0.15) is 0 Å². The van der Waals surface area contributed by atoms with Gasteiger partial charge in [0.15, 0.2) is 5.82 Å². The molecule has 2 bridgehead atoms. The Morgan fingerprint density at radius 2 is 1.79 bits per heavy atom. The first-order chi connectivity index (χ1) is 23.4. The molecule has 4 aliphatic rings. The fourth-order valence-electron chi connectivity index (χ4n) is 8.55. The minimum Gasteiger partial charge on any atom is -0.494 e. The summed E-state index contributed by atoms with van der Waals surface area (Å²) in [5.74, 6) is 2.96. The van der Waals surface area contributed by atoms with E-state index in [-0.39, 0.29) is 29.8 Å². The number of hydrogen-bond donors (Lipinski definition) is 1. The van der Waals surface area contributed by atoms with Crippen LogP contribution in [0.25, 0.3) is 33.5 Å². The lowest BCUT2D eigenvalue weighted by Gasteiger charge is -2.40. The molecule has 2 amide bonds. The Kier molecular flexibility index (Phi) is 6.86. The maximum Gasteiger partial charge on any atom is 0.254 e. The second kappa shape index (κ2) is 11.2. The molecule has 2 aliphatic heterocycles. The fourth-order valence-corrected chi connectivity index (χ4v) is 8.55. The maximum absolute atomic E-state index is 13.8. The minimum atomic E-state index is 0.00587. The number of nitrogens with two attached hydrogens (primary N) is 1. The van der Waals surface area contributed by atoms with Crippen molar-refractivity contribution in [2.45, 2.75) is 56.7 Å². The van der Waals surface area contributed by atoms with Crippen molar-refractivity contribution in [1.82, 2.24) is 28.9 Å². The highest BCUT2D eigenvalue weighted by Gasteiger charge is 2.47. The Labute approximate surface area is 279 Å². The predicted molar refractivity (Wildman–Crippen MR) is 184 cm³/mol. The van der Waals surface area contributed by atoms with Gasteiger partial charge in [0.1, 0.15) is 11.3 Å². The molecule has 246 valence electrons. The lowest BCUT2D eigenvalue weighted by Crippen LogP contribution is -2.49. The predicted octanol–water partition coefficient (Wildman–Crippen LogP) is 4.74. The molecule has 10 nitrogen and oxygen atoms in total. The van der Waals surface area contributed by atoms with Gasteiger partial charge in [-0.05, 0) is 79.0 Å². The average molecular weight is 644 g/mol. The van der Waals surface area contributed by atoms with E-state index in [0.717, 1.165) is 67.1 Å². The van der Waals surface area contributed by atoms with Gasteiger partial charge in [0.05, 0.1) is 30.3 Å². The number of hydrogen-bond acceptors (Lipinski definition) is 6.